The molecule has 1 fully saturated rings. The SMILES string of the molecule is C.CC(=O)N1CCN(S(=O)(=O)c2cnc3n2[C@](C)(Cc2ccc(C#N)cc2)C(=O)C3c2cc(Cl)cc(Cl)c2)CC1. The summed E-state index contributed by atoms with van der Waals surface area (Å²) in [6.45, 7) is 3.99. The van der Waals surface area contributed by atoms with Gasteiger partial charge in [-0.15, -0.1) is 0 Å². The molecule has 0 N–H and O–H groups in total. The fourth-order valence-electron chi connectivity index (χ4n) is 5.45. The van der Waals surface area contributed by atoms with E-state index in [2.05, 4.69) is 11.1 Å². The zero-order chi connectivity index (χ0) is 28.1. The van der Waals surface area contributed by atoms with Crippen LogP contribution < -0.4 is 0 Å². The number of sulfonamides is 1. The Morgan fingerprint density at radius 3 is 2.25 bits per heavy atom. The lowest BCUT2D eigenvalue weighted by atomic mass is 9.83. The first-order valence-electron chi connectivity index (χ1n) is 12.3. The van der Waals surface area contributed by atoms with Gasteiger partial charge in [0.15, 0.2) is 10.8 Å². The fraction of sp³-hybridized carbons (Fsp3) is 0.357. The van der Waals surface area contributed by atoms with Crippen molar-refractivity contribution >= 4 is 44.9 Å². The maximum absolute atomic E-state index is 14.2. The van der Waals surface area contributed by atoms with Crippen molar-refractivity contribution in [1.29, 1.82) is 5.26 Å². The number of carbonyl (C=O) groups is 2. The lowest BCUT2D eigenvalue weighted by molar-refractivity contribution is -0.130. The van der Waals surface area contributed by atoms with E-state index in [4.69, 9.17) is 23.2 Å². The number of nitrogens with zero attached hydrogens (tertiary/aromatic N) is 5. The number of Topliss-reactive ketones (excluding diaryl/α,β-unsaturated/α-hetero) is 1. The Kier molecular flexibility index (Phi) is 8.16. The molecule has 2 aliphatic heterocycles. The highest BCUT2D eigenvalue weighted by atomic mass is 35.5. The Hall–Kier alpha value is -3.23. The van der Waals surface area contributed by atoms with Gasteiger partial charge in [-0.3, -0.25) is 9.59 Å². The molecule has 3 heterocycles. The molecule has 12 heteroatoms. The molecule has 9 nitrogen and oxygen atoms in total. The number of carbonyl (C=O) groups excluding carboxylic acids is 2. The van der Waals surface area contributed by atoms with Gasteiger partial charge in [-0.05, 0) is 48.4 Å². The third-order valence-electron chi connectivity index (χ3n) is 7.44. The Labute approximate surface area is 244 Å². The number of fused-ring (bicyclic) bond motifs is 1. The van der Waals surface area contributed by atoms with Gasteiger partial charge in [-0.1, -0.05) is 42.8 Å². The van der Waals surface area contributed by atoms with Crippen molar-refractivity contribution < 1.29 is 18.0 Å². The zero-order valence-corrected chi connectivity index (χ0v) is 23.6. The molecule has 5 rings (SSSR count). The maximum atomic E-state index is 14.2. The second-order valence-corrected chi connectivity index (χ2v) is 12.7. The summed E-state index contributed by atoms with van der Waals surface area (Å²) >= 11 is 12.5. The Balaban J connectivity index is 0.00000370. The summed E-state index contributed by atoms with van der Waals surface area (Å²) in [6.07, 6.45) is 1.47. The molecule has 0 radical (unpaired) electrons. The number of hydrogen-bond donors (Lipinski definition) is 0. The van der Waals surface area contributed by atoms with E-state index < -0.39 is 21.5 Å². The fourth-order valence-corrected chi connectivity index (χ4v) is 7.61. The predicted molar refractivity (Wildman–Crippen MR) is 152 cm³/mol. The molecule has 210 valence electrons. The molecule has 2 aromatic carbocycles. The topological polar surface area (TPSA) is 116 Å². The first kappa shape index (κ1) is 29.7. The first-order valence-corrected chi connectivity index (χ1v) is 14.5. The molecule has 1 aromatic heterocycles. The van der Waals surface area contributed by atoms with Crippen molar-refractivity contribution in [1.82, 2.24) is 18.8 Å². The quantitative estimate of drug-likeness (QED) is 0.432. The van der Waals surface area contributed by atoms with E-state index >= 15 is 0 Å². The number of imidazole rings is 1. The molecule has 2 aliphatic rings. The van der Waals surface area contributed by atoms with Crippen molar-refractivity contribution in [2.75, 3.05) is 26.2 Å². The number of hydrogen-bond acceptors (Lipinski definition) is 6. The van der Waals surface area contributed by atoms with Crippen LogP contribution in [0, 0.1) is 11.3 Å². The summed E-state index contributed by atoms with van der Waals surface area (Å²) in [6, 6.07) is 13.7. The smallest absolute Gasteiger partial charge is 0.260 e. The highest BCUT2D eigenvalue weighted by Crippen LogP contribution is 2.45. The Bertz CT molecular complexity index is 1600. The Morgan fingerprint density at radius 2 is 1.70 bits per heavy atom. The van der Waals surface area contributed by atoms with Gasteiger partial charge in [0.05, 0.1) is 17.8 Å². The minimum Gasteiger partial charge on any atom is -0.340 e. The second-order valence-electron chi connectivity index (χ2n) is 9.96. The standard InChI is InChI=1S/C27H25Cl2N5O4S.CH4/c1-17(35)32-7-9-33(10-8-32)39(37,38)23-16-31-26-24(20-11-21(28)13-22(29)12-20)25(36)27(2,34(23)26)14-18-3-5-19(15-30)6-4-18;/h3-6,11-13,16,24H,7-10,14H2,1-2H3;1H4/t24?,27-;/m1./s1. The zero-order valence-electron chi connectivity index (χ0n) is 21.3. The monoisotopic (exact) mass is 601 g/mol. The number of ketones is 1. The van der Waals surface area contributed by atoms with Crippen molar-refractivity contribution in [2.45, 2.75) is 44.2 Å². The molecule has 0 saturated carbocycles. The van der Waals surface area contributed by atoms with Gasteiger partial charge in [0.25, 0.3) is 10.0 Å². The predicted octanol–water partition coefficient (Wildman–Crippen LogP) is 4.22. The molecule has 3 aromatic rings. The van der Waals surface area contributed by atoms with Crippen LogP contribution in [0.2, 0.25) is 10.0 Å². The highest BCUT2D eigenvalue weighted by Gasteiger charge is 2.53. The molecule has 1 unspecified atom stereocenters. The number of rotatable bonds is 5. The van der Waals surface area contributed by atoms with Crippen LogP contribution in [0.3, 0.4) is 0 Å². The lowest BCUT2D eigenvalue weighted by Gasteiger charge is -2.34. The largest absolute Gasteiger partial charge is 0.340 e. The van der Waals surface area contributed by atoms with E-state index in [1.165, 1.54) is 22.0 Å². The van der Waals surface area contributed by atoms with Crippen LogP contribution in [0.5, 0.6) is 0 Å². The maximum Gasteiger partial charge on any atom is 0.260 e. The normalized spacial score (nSPS) is 21.0. The van der Waals surface area contributed by atoms with Crippen LogP contribution in [0.15, 0.2) is 53.7 Å². The second kappa shape index (κ2) is 11.0. The van der Waals surface area contributed by atoms with Crippen molar-refractivity contribution in [3.05, 3.63) is 81.2 Å². The van der Waals surface area contributed by atoms with E-state index in [-0.39, 0.29) is 62.6 Å². The van der Waals surface area contributed by atoms with Crippen LogP contribution in [0.25, 0.3) is 0 Å². The minimum atomic E-state index is -4.06. The van der Waals surface area contributed by atoms with Crippen molar-refractivity contribution in [2.24, 2.45) is 0 Å². The average molecular weight is 603 g/mol. The molecule has 0 bridgehead atoms. The van der Waals surface area contributed by atoms with Gasteiger partial charge in [0, 0.05) is 49.6 Å². The number of nitriles is 1. The number of amides is 1. The third kappa shape index (κ3) is 5.03. The number of aromatic nitrogens is 2. The van der Waals surface area contributed by atoms with E-state index in [9.17, 15) is 23.3 Å². The molecule has 0 aliphatic carbocycles. The van der Waals surface area contributed by atoms with Crippen LogP contribution >= 0.6 is 23.2 Å². The van der Waals surface area contributed by atoms with Gasteiger partial charge >= 0.3 is 0 Å². The molecule has 1 saturated heterocycles. The van der Waals surface area contributed by atoms with Gasteiger partial charge in [0.2, 0.25) is 5.91 Å². The summed E-state index contributed by atoms with van der Waals surface area (Å²) in [5.74, 6) is -0.953. The number of piperazine rings is 1. The Morgan fingerprint density at radius 1 is 1.10 bits per heavy atom. The van der Waals surface area contributed by atoms with E-state index in [0.29, 0.717) is 21.2 Å². The molecule has 2 atom stereocenters. The van der Waals surface area contributed by atoms with Crippen LogP contribution in [0.4, 0.5) is 0 Å². The van der Waals surface area contributed by atoms with Crippen LogP contribution in [0.1, 0.15) is 49.7 Å². The summed E-state index contributed by atoms with van der Waals surface area (Å²) in [5, 5.41) is 9.78. The summed E-state index contributed by atoms with van der Waals surface area (Å²) < 4.78 is 30.7. The number of halogens is 2. The summed E-state index contributed by atoms with van der Waals surface area (Å²) in [7, 11) is -4.06. The van der Waals surface area contributed by atoms with E-state index in [0.717, 1.165) is 5.56 Å². The van der Waals surface area contributed by atoms with Crippen molar-refractivity contribution in [3.63, 3.8) is 0 Å². The molecular weight excluding hydrogens is 573 g/mol. The number of benzene rings is 2. The van der Waals surface area contributed by atoms with Gasteiger partial charge in [-0.2, -0.15) is 9.57 Å². The molecule has 40 heavy (non-hydrogen) atoms. The van der Waals surface area contributed by atoms with Crippen LogP contribution in [-0.2, 0) is 31.6 Å². The van der Waals surface area contributed by atoms with Gasteiger partial charge in [-0.25, -0.2) is 13.4 Å². The van der Waals surface area contributed by atoms with E-state index in [1.54, 1.807) is 54.3 Å². The van der Waals surface area contributed by atoms with Gasteiger partial charge < -0.3 is 9.47 Å². The van der Waals surface area contributed by atoms with Crippen molar-refractivity contribution in [3.8, 4) is 6.07 Å². The van der Waals surface area contributed by atoms with Crippen LogP contribution in [-0.4, -0.2) is 65.0 Å². The first-order chi connectivity index (χ1) is 18.5. The molecule has 0 spiro atoms. The third-order valence-corrected chi connectivity index (χ3v) is 9.74. The average Bonchev–Trinajstić information content (AvgIpc) is 3.42. The van der Waals surface area contributed by atoms with E-state index in [1.807, 2.05) is 0 Å². The minimum absolute atomic E-state index is 0. The summed E-state index contributed by atoms with van der Waals surface area (Å²) in [5.41, 5.74) is 0.437. The molecular formula is C28H29Cl2N5O4S. The summed E-state index contributed by atoms with van der Waals surface area (Å²) in [4.78, 5) is 32.1. The van der Waals surface area contributed by atoms with Gasteiger partial charge in [0.1, 0.15) is 17.3 Å². The highest BCUT2D eigenvalue weighted by molar-refractivity contribution is 7.89. The lowest BCUT2D eigenvalue weighted by Crippen LogP contribution is -2.50. The molecule has 1 amide bonds.